The van der Waals surface area contributed by atoms with E-state index in [4.69, 9.17) is 16.3 Å². The van der Waals surface area contributed by atoms with Crippen molar-refractivity contribution in [3.8, 4) is 5.75 Å². The van der Waals surface area contributed by atoms with E-state index in [0.29, 0.717) is 21.9 Å². The van der Waals surface area contributed by atoms with Crippen molar-refractivity contribution in [2.75, 3.05) is 0 Å². The average Bonchev–Trinajstić information content (AvgIpc) is 2.43. The first-order valence-electron chi connectivity index (χ1n) is 5.89. The number of hydrogen-bond acceptors (Lipinski definition) is 3. The van der Waals surface area contributed by atoms with Gasteiger partial charge in [-0.15, -0.1) is 0 Å². The van der Waals surface area contributed by atoms with Crippen LogP contribution in [0.1, 0.15) is 23.3 Å². The van der Waals surface area contributed by atoms with Crippen LogP contribution in [0.2, 0.25) is 5.02 Å². The number of carbonyl (C=O) groups excluding carboxylic acids is 1. The molecule has 1 N–H and O–H groups in total. The maximum Gasteiger partial charge on any atom is 0.210 e. The molecule has 96 valence electrons. The minimum absolute atomic E-state index is 0.374. The van der Waals surface area contributed by atoms with Crippen molar-refractivity contribution in [3.63, 3.8) is 0 Å². The number of ether oxygens (including phenoxy) is 1. The minimum atomic E-state index is -1.16. The third kappa shape index (κ3) is 2.11. The van der Waals surface area contributed by atoms with Crippen molar-refractivity contribution in [2.24, 2.45) is 0 Å². The van der Waals surface area contributed by atoms with Gasteiger partial charge in [-0.25, -0.2) is 0 Å². The maximum atomic E-state index is 12.2. The first-order valence-corrected chi connectivity index (χ1v) is 6.27. The van der Waals surface area contributed by atoms with Gasteiger partial charge in [-0.3, -0.25) is 4.79 Å². The smallest absolute Gasteiger partial charge is 0.210 e. The van der Waals surface area contributed by atoms with Crippen LogP contribution in [0.15, 0.2) is 48.5 Å². The molecule has 3 nitrogen and oxygen atoms in total. The van der Waals surface area contributed by atoms with Crippen LogP contribution in [0.4, 0.5) is 0 Å². The van der Waals surface area contributed by atoms with E-state index in [9.17, 15) is 9.90 Å². The molecule has 0 spiro atoms. The fraction of sp³-hybridized carbons (Fsp3) is 0.133. The topological polar surface area (TPSA) is 46.5 Å². The van der Waals surface area contributed by atoms with Gasteiger partial charge in [0.15, 0.2) is 6.10 Å². The summed E-state index contributed by atoms with van der Waals surface area (Å²) in [5.41, 5.74) is 1.15. The van der Waals surface area contributed by atoms with Gasteiger partial charge in [0.05, 0.1) is 0 Å². The normalized spacial score (nSPS) is 21.7. The molecule has 1 heterocycles. The Morgan fingerprint density at radius 1 is 1.11 bits per heavy atom. The number of carbonyl (C=O) groups is 1. The van der Waals surface area contributed by atoms with E-state index in [0.717, 1.165) is 0 Å². The fourth-order valence-electron chi connectivity index (χ4n) is 2.20. The summed E-state index contributed by atoms with van der Waals surface area (Å²) in [7, 11) is 0. The lowest BCUT2D eigenvalue weighted by molar-refractivity contribution is -0.137. The molecule has 19 heavy (non-hydrogen) atoms. The van der Waals surface area contributed by atoms with Crippen LogP contribution in [0.3, 0.4) is 0 Å². The first-order chi connectivity index (χ1) is 9.16. The van der Waals surface area contributed by atoms with Crippen LogP contribution in [-0.2, 0) is 4.79 Å². The summed E-state index contributed by atoms with van der Waals surface area (Å²) in [5.74, 6) is 0.153. The highest BCUT2D eigenvalue weighted by Crippen LogP contribution is 2.38. The Morgan fingerprint density at radius 3 is 2.68 bits per heavy atom. The molecule has 0 aliphatic carbocycles. The van der Waals surface area contributed by atoms with Crippen LogP contribution >= 0.6 is 11.6 Å². The number of Topliss-reactive ketones (excluding diaryl/α,β-unsaturated/α-hetero) is 1. The Hall–Kier alpha value is -1.84. The second-order valence-electron chi connectivity index (χ2n) is 4.40. The quantitative estimate of drug-likeness (QED) is 0.869. The number of benzene rings is 2. The zero-order chi connectivity index (χ0) is 13.4. The third-order valence-electron chi connectivity index (χ3n) is 3.14. The maximum absolute atomic E-state index is 12.2. The third-order valence-corrected chi connectivity index (χ3v) is 3.37. The number of rotatable bonds is 1. The molecule has 2 atom stereocenters. The van der Waals surface area contributed by atoms with Crippen molar-refractivity contribution in [1.82, 2.24) is 0 Å². The first kappa shape index (κ1) is 12.2. The molecule has 0 aromatic heterocycles. The average molecular weight is 275 g/mol. The predicted molar refractivity (Wildman–Crippen MR) is 71.2 cm³/mol. The Bertz CT molecular complexity index is 639. The molecule has 4 heteroatoms. The second-order valence-corrected chi connectivity index (χ2v) is 4.83. The highest BCUT2D eigenvalue weighted by Gasteiger charge is 2.36. The fourth-order valence-corrected chi connectivity index (χ4v) is 2.40. The molecule has 1 aliphatic rings. The monoisotopic (exact) mass is 274 g/mol. The lowest BCUT2D eigenvalue weighted by atomic mass is 9.94. The van der Waals surface area contributed by atoms with Crippen molar-refractivity contribution < 1.29 is 14.6 Å². The number of fused-ring (bicyclic) bond motifs is 1. The molecule has 1 unspecified atom stereocenters. The molecular formula is C15H11ClO3. The molecule has 0 fully saturated rings. The van der Waals surface area contributed by atoms with Gasteiger partial charge in [0, 0.05) is 16.1 Å². The van der Waals surface area contributed by atoms with Gasteiger partial charge in [-0.05, 0) is 18.2 Å². The summed E-state index contributed by atoms with van der Waals surface area (Å²) in [4.78, 5) is 12.2. The van der Waals surface area contributed by atoms with Crippen LogP contribution in [0.5, 0.6) is 5.75 Å². The molecule has 0 saturated carbocycles. The zero-order valence-electron chi connectivity index (χ0n) is 9.92. The van der Waals surface area contributed by atoms with Gasteiger partial charge in [-0.2, -0.15) is 0 Å². The van der Waals surface area contributed by atoms with Crippen molar-refractivity contribution >= 4 is 17.4 Å². The molecule has 2 aromatic carbocycles. The zero-order valence-corrected chi connectivity index (χ0v) is 10.7. The van der Waals surface area contributed by atoms with E-state index >= 15 is 0 Å². The summed E-state index contributed by atoms with van der Waals surface area (Å²) in [6.07, 6.45) is -1.97. The molecule has 0 radical (unpaired) electrons. The number of ketones is 1. The number of aliphatic hydroxyl groups is 1. The summed E-state index contributed by atoms with van der Waals surface area (Å²) < 4.78 is 5.69. The van der Waals surface area contributed by atoms with Crippen LogP contribution in [0, 0.1) is 0 Å². The lowest BCUT2D eigenvalue weighted by Gasteiger charge is -2.28. The highest BCUT2D eigenvalue weighted by atomic mass is 35.5. The van der Waals surface area contributed by atoms with Gasteiger partial charge >= 0.3 is 0 Å². The number of hydrogen-bond donors (Lipinski definition) is 1. The van der Waals surface area contributed by atoms with Crippen molar-refractivity contribution in [1.29, 1.82) is 0 Å². The minimum Gasteiger partial charge on any atom is -0.477 e. The number of aliphatic hydroxyl groups excluding tert-OH is 1. The van der Waals surface area contributed by atoms with E-state index < -0.39 is 12.2 Å². The summed E-state index contributed by atoms with van der Waals surface area (Å²) in [6.45, 7) is 0. The largest absolute Gasteiger partial charge is 0.477 e. The predicted octanol–water partition coefficient (Wildman–Crippen LogP) is 3.08. The van der Waals surface area contributed by atoms with Crippen molar-refractivity contribution in [3.05, 3.63) is 64.7 Å². The molecule has 0 saturated heterocycles. The Balaban J connectivity index is 2.04. The molecular weight excluding hydrogens is 264 g/mol. The van der Waals surface area contributed by atoms with Crippen LogP contribution in [-0.4, -0.2) is 10.9 Å². The number of para-hydroxylation sites is 1. The van der Waals surface area contributed by atoms with Gasteiger partial charge < -0.3 is 9.84 Å². The van der Waals surface area contributed by atoms with Gasteiger partial charge in [0.2, 0.25) is 5.78 Å². The Labute approximate surface area is 115 Å². The molecule has 0 amide bonds. The summed E-state index contributed by atoms with van der Waals surface area (Å²) in [5, 5.41) is 10.6. The van der Waals surface area contributed by atoms with E-state index in [1.807, 2.05) is 0 Å². The van der Waals surface area contributed by atoms with Crippen LogP contribution in [0.25, 0.3) is 0 Å². The molecule has 0 bridgehead atoms. The van der Waals surface area contributed by atoms with E-state index in [-0.39, 0.29) is 5.78 Å². The van der Waals surface area contributed by atoms with Gasteiger partial charge in [0.1, 0.15) is 11.9 Å². The summed E-state index contributed by atoms with van der Waals surface area (Å²) in [6, 6.07) is 13.9. The highest BCUT2D eigenvalue weighted by molar-refractivity contribution is 6.30. The molecule has 3 rings (SSSR count). The summed E-state index contributed by atoms with van der Waals surface area (Å²) >= 11 is 5.92. The van der Waals surface area contributed by atoms with Crippen molar-refractivity contribution in [2.45, 2.75) is 12.2 Å². The van der Waals surface area contributed by atoms with E-state index in [1.165, 1.54) is 0 Å². The standard InChI is InChI=1S/C15H11ClO3/c16-10-5-3-4-9(8-10)15-14(18)13(17)11-6-1-2-7-12(11)19-15/h1-8,13,15,17H/t13?,15-/m1/s1. The Morgan fingerprint density at radius 2 is 1.89 bits per heavy atom. The van der Waals surface area contributed by atoms with Gasteiger partial charge in [-0.1, -0.05) is 41.9 Å². The van der Waals surface area contributed by atoms with Gasteiger partial charge in [0.25, 0.3) is 0 Å². The molecule has 1 aliphatic heterocycles. The second kappa shape index (κ2) is 4.68. The Kier molecular flexibility index (Phi) is 3.01. The number of halogens is 1. The lowest BCUT2D eigenvalue weighted by Crippen LogP contribution is -2.29. The molecule has 2 aromatic rings. The SMILES string of the molecule is O=C1C(O)c2ccccc2O[C@@H]1c1cccc(Cl)c1. The van der Waals surface area contributed by atoms with E-state index in [1.54, 1.807) is 48.5 Å². The van der Waals surface area contributed by atoms with E-state index in [2.05, 4.69) is 0 Å². The van der Waals surface area contributed by atoms with Crippen LogP contribution < -0.4 is 4.74 Å².